The van der Waals surface area contributed by atoms with E-state index in [2.05, 4.69) is 59.2 Å². The Morgan fingerprint density at radius 3 is 2.02 bits per heavy atom. The van der Waals surface area contributed by atoms with Crippen molar-refractivity contribution < 1.29 is 6.85 Å². The first-order valence-electron chi connectivity index (χ1n) is 15.5. The normalized spacial score (nSPS) is 13.8. The fraction of sp³-hybridized carbons (Fsp3) is 0. The summed E-state index contributed by atoms with van der Waals surface area (Å²) in [6, 6.07) is 30.6. The van der Waals surface area contributed by atoms with E-state index in [1.165, 1.54) is 5.39 Å². The lowest BCUT2D eigenvalue weighted by Gasteiger charge is -2.14. The molecule has 0 aliphatic heterocycles. The van der Waals surface area contributed by atoms with Gasteiger partial charge in [-0.1, -0.05) is 103 Å². The minimum absolute atomic E-state index is 0.0218. The second-order valence-corrected chi connectivity index (χ2v) is 10.9. The molecule has 3 nitrogen and oxygen atoms in total. The summed E-state index contributed by atoms with van der Waals surface area (Å²) in [4.78, 5) is 10.2. The third-order valence-corrected chi connectivity index (χ3v) is 8.83. The number of nitrogens with zero attached hydrogens (tertiary/aromatic N) is 3. The third-order valence-electron chi connectivity index (χ3n) is 7.65. The van der Waals surface area contributed by atoms with E-state index >= 15 is 0 Å². The van der Waals surface area contributed by atoms with Gasteiger partial charge in [-0.25, -0.2) is 9.97 Å². The lowest BCUT2D eigenvalue weighted by Crippen LogP contribution is -2.03. The zero-order chi connectivity index (χ0) is 30.6. The number of rotatable bonds is 2. The van der Waals surface area contributed by atoms with E-state index in [0.29, 0.717) is 16.9 Å². The highest BCUT2D eigenvalue weighted by Gasteiger charge is 2.24. The molecule has 9 aromatic rings. The van der Waals surface area contributed by atoms with Crippen molar-refractivity contribution in [2.45, 2.75) is 0 Å². The average molecular weight is 533 g/mol. The number of hydrogen-bond acceptors (Lipinski definition) is 3. The van der Waals surface area contributed by atoms with Gasteiger partial charge in [-0.05, 0) is 35.0 Å². The van der Waals surface area contributed by atoms with Gasteiger partial charge in [0.1, 0.15) is 5.69 Å². The molecular formula is C36H21N3S. The topological polar surface area (TPSA) is 30.7 Å². The number of benzene rings is 6. The van der Waals surface area contributed by atoms with Gasteiger partial charge in [0.15, 0.2) is 5.82 Å². The highest BCUT2D eigenvalue weighted by Crippen LogP contribution is 2.48. The predicted molar refractivity (Wildman–Crippen MR) is 170 cm³/mol. The lowest BCUT2D eigenvalue weighted by atomic mass is 9.99. The molecule has 0 spiro atoms. The molecule has 0 aliphatic carbocycles. The smallest absolute Gasteiger partial charge is 0.165 e. The van der Waals surface area contributed by atoms with Gasteiger partial charge < -0.3 is 0 Å². The quantitative estimate of drug-likeness (QED) is 0.222. The van der Waals surface area contributed by atoms with Gasteiger partial charge >= 0.3 is 0 Å². The summed E-state index contributed by atoms with van der Waals surface area (Å²) in [6.45, 7) is 0. The van der Waals surface area contributed by atoms with Gasteiger partial charge in [-0.15, -0.1) is 11.3 Å². The third kappa shape index (κ3) is 2.94. The highest BCUT2D eigenvalue weighted by atomic mass is 32.1. The van der Waals surface area contributed by atoms with Gasteiger partial charge in [-0.2, -0.15) is 0 Å². The Kier molecular flexibility index (Phi) is 3.60. The standard InChI is InChI=1S/C36H21N3S/c1-2-12-22(13-3-1)33-36(38-28-19-9-8-18-27(28)37-33)39-29-20-10-6-16-25(29)31-23-14-4-5-15-24(23)32-26-17-7-11-21-30(26)40-35(32)34(31)39/h1-21H/i1D,2D,3D,12D,13D. The number of thiophene rings is 1. The SMILES string of the molecule is [2H]c1c([2H])c([2H])c(-c2nc3ccccc3nc2-n2c3ccccc3c3c4ccccc4c4c5ccccc5sc4c32)c([2H])c1[2H]. The molecule has 0 unspecified atom stereocenters. The molecule has 6 aromatic carbocycles. The Morgan fingerprint density at radius 1 is 0.600 bits per heavy atom. The molecule has 9 rings (SSSR count). The first-order valence-corrected chi connectivity index (χ1v) is 13.8. The Morgan fingerprint density at radius 2 is 1.23 bits per heavy atom. The Bertz CT molecular complexity index is 2700. The van der Waals surface area contributed by atoms with Gasteiger partial charge in [-0.3, -0.25) is 4.57 Å². The number of fused-ring (bicyclic) bond motifs is 11. The van der Waals surface area contributed by atoms with Crippen molar-refractivity contribution in [3.63, 3.8) is 0 Å². The van der Waals surface area contributed by atoms with E-state index in [4.69, 9.17) is 16.8 Å². The molecule has 4 heteroatoms. The van der Waals surface area contributed by atoms with Gasteiger partial charge in [0.25, 0.3) is 0 Å². The van der Waals surface area contributed by atoms with E-state index in [1.807, 2.05) is 42.5 Å². The summed E-state index contributed by atoms with van der Waals surface area (Å²) < 4.78 is 47.3. The fourth-order valence-corrected chi connectivity index (χ4v) is 7.29. The highest BCUT2D eigenvalue weighted by molar-refractivity contribution is 7.27. The summed E-state index contributed by atoms with van der Waals surface area (Å²) in [5, 5.41) is 6.70. The summed E-state index contributed by atoms with van der Waals surface area (Å²) >= 11 is 1.72. The Hall–Kier alpha value is -5.06. The molecule has 186 valence electrons. The molecule has 0 N–H and O–H groups in total. The molecule has 0 saturated carbocycles. The first-order chi connectivity index (χ1) is 21.9. The van der Waals surface area contributed by atoms with Crippen molar-refractivity contribution in [3.05, 3.63) is 127 Å². The number of hydrogen-bond donors (Lipinski definition) is 0. The molecule has 0 aliphatic rings. The van der Waals surface area contributed by atoms with Crippen molar-refractivity contribution in [3.8, 4) is 17.1 Å². The summed E-state index contributed by atoms with van der Waals surface area (Å²) in [5.74, 6) is 0.410. The molecule has 0 bridgehead atoms. The Labute approximate surface area is 240 Å². The van der Waals surface area contributed by atoms with Crippen LogP contribution in [0.4, 0.5) is 0 Å². The monoisotopic (exact) mass is 532 g/mol. The molecule has 40 heavy (non-hydrogen) atoms. The molecule has 3 aromatic heterocycles. The molecule has 0 fully saturated rings. The van der Waals surface area contributed by atoms with Crippen LogP contribution < -0.4 is 0 Å². The minimum atomic E-state index is -0.445. The van der Waals surface area contributed by atoms with Crippen molar-refractivity contribution in [1.82, 2.24) is 14.5 Å². The van der Waals surface area contributed by atoms with Crippen LogP contribution in [0.1, 0.15) is 6.85 Å². The molecule has 0 radical (unpaired) electrons. The molecule has 0 saturated heterocycles. The van der Waals surface area contributed by atoms with Gasteiger partial charge in [0.05, 0.1) is 33.6 Å². The molecular weight excluding hydrogens is 506 g/mol. The lowest BCUT2D eigenvalue weighted by molar-refractivity contribution is 1.08. The predicted octanol–water partition coefficient (Wildman–Crippen LogP) is 9.91. The van der Waals surface area contributed by atoms with Crippen molar-refractivity contribution in [1.29, 1.82) is 0 Å². The van der Waals surface area contributed by atoms with Crippen LogP contribution in [0.15, 0.2) is 127 Å². The molecule has 0 amide bonds. The maximum absolute atomic E-state index is 8.89. The van der Waals surface area contributed by atoms with Crippen LogP contribution in [0.3, 0.4) is 0 Å². The van der Waals surface area contributed by atoms with Crippen LogP contribution in [0.5, 0.6) is 0 Å². The molecule has 0 atom stereocenters. The largest absolute Gasteiger partial charge is 0.290 e. The summed E-state index contributed by atoms with van der Waals surface area (Å²) in [5.41, 5.74) is 3.30. The van der Waals surface area contributed by atoms with Crippen molar-refractivity contribution in [2.75, 3.05) is 0 Å². The van der Waals surface area contributed by atoms with E-state index in [9.17, 15) is 0 Å². The zero-order valence-electron chi connectivity index (χ0n) is 26.0. The fourth-order valence-electron chi connectivity index (χ4n) is 6.03. The second-order valence-electron chi connectivity index (χ2n) is 9.81. The van der Waals surface area contributed by atoms with Gasteiger partial charge in [0, 0.05) is 31.8 Å². The van der Waals surface area contributed by atoms with Crippen LogP contribution in [-0.2, 0) is 0 Å². The maximum atomic E-state index is 8.89. The number of para-hydroxylation sites is 3. The van der Waals surface area contributed by atoms with Crippen LogP contribution in [0.2, 0.25) is 0 Å². The average Bonchev–Trinajstić information content (AvgIpc) is 3.63. The van der Waals surface area contributed by atoms with E-state index in [0.717, 1.165) is 47.4 Å². The summed E-state index contributed by atoms with van der Waals surface area (Å²) in [6.07, 6.45) is 0. The van der Waals surface area contributed by atoms with Crippen LogP contribution >= 0.6 is 11.3 Å². The number of aromatic nitrogens is 3. The molecule has 3 heterocycles. The Balaban J connectivity index is 1.57. The van der Waals surface area contributed by atoms with E-state index < -0.39 is 18.1 Å². The van der Waals surface area contributed by atoms with Crippen molar-refractivity contribution >= 4 is 75.1 Å². The van der Waals surface area contributed by atoms with Gasteiger partial charge in [0.2, 0.25) is 0 Å². The summed E-state index contributed by atoms with van der Waals surface area (Å²) in [7, 11) is 0. The zero-order valence-corrected chi connectivity index (χ0v) is 21.8. The van der Waals surface area contributed by atoms with E-state index in [1.54, 1.807) is 11.3 Å². The van der Waals surface area contributed by atoms with Crippen LogP contribution in [-0.4, -0.2) is 14.5 Å². The second kappa shape index (κ2) is 8.22. The van der Waals surface area contributed by atoms with Crippen LogP contribution in [0, 0.1) is 0 Å². The van der Waals surface area contributed by atoms with Crippen LogP contribution in [0.25, 0.3) is 80.9 Å². The first kappa shape index (κ1) is 17.5. The van der Waals surface area contributed by atoms with Crippen molar-refractivity contribution in [2.24, 2.45) is 0 Å². The van der Waals surface area contributed by atoms with E-state index in [-0.39, 0.29) is 23.3 Å². The minimum Gasteiger partial charge on any atom is -0.290 e. The maximum Gasteiger partial charge on any atom is 0.165 e.